The maximum atomic E-state index is 10.7. The molecule has 1 aromatic heterocycles. The Morgan fingerprint density at radius 3 is 3.40 bits per heavy atom. The van der Waals surface area contributed by atoms with Crippen LogP contribution < -0.4 is 10.6 Å². The van der Waals surface area contributed by atoms with Crippen LogP contribution in [0.25, 0.3) is 0 Å². The molecule has 5 heteroatoms. The van der Waals surface area contributed by atoms with Crippen molar-refractivity contribution in [1.82, 2.24) is 10.2 Å². The number of anilines is 2. The van der Waals surface area contributed by atoms with Gasteiger partial charge in [-0.2, -0.15) is 5.10 Å². The van der Waals surface area contributed by atoms with Crippen LogP contribution in [0.4, 0.5) is 11.5 Å². The zero-order valence-electron chi connectivity index (χ0n) is 5.14. The van der Waals surface area contributed by atoms with Crippen LogP contribution in [0, 0.1) is 0 Å². The standard InChI is InChI=1S/C5H6N4O/c10-4-2-6-5-3(8-4)1-7-9-5/h1H,2H2,(H,8,10)(H2,6,7,9). The number of nitrogens with one attached hydrogen (secondary N) is 3. The van der Waals surface area contributed by atoms with Gasteiger partial charge < -0.3 is 10.6 Å². The van der Waals surface area contributed by atoms with E-state index >= 15 is 0 Å². The summed E-state index contributed by atoms with van der Waals surface area (Å²) in [6.45, 7) is 0.315. The van der Waals surface area contributed by atoms with E-state index in [1.165, 1.54) is 0 Å². The molecule has 1 aliphatic rings. The summed E-state index contributed by atoms with van der Waals surface area (Å²) in [5.41, 5.74) is 0.719. The van der Waals surface area contributed by atoms with Gasteiger partial charge in [0.15, 0.2) is 0 Å². The molecule has 0 fully saturated rings. The Balaban J connectivity index is 2.39. The minimum atomic E-state index is -0.0334. The minimum Gasteiger partial charge on any atom is -0.360 e. The van der Waals surface area contributed by atoms with Gasteiger partial charge in [0.2, 0.25) is 5.91 Å². The number of amides is 1. The molecule has 0 aliphatic carbocycles. The number of nitrogens with zero attached hydrogens (tertiary/aromatic N) is 1. The van der Waals surface area contributed by atoms with Crippen LogP contribution in [-0.2, 0) is 4.79 Å². The van der Waals surface area contributed by atoms with Crippen molar-refractivity contribution in [2.45, 2.75) is 0 Å². The monoisotopic (exact) mass is 138 g/mol. The third kappa shape index (κ3) is 0.637. The number of aromatic nitrogens is 2. The van der Waals surface area contributed by atoms with Crippen molar-refractivity contribution in [3.8, 4) is 0 Å². The lowest BCUT2D eigenvalue weighted by molar-refractivity contribution is -0.114. The average Bonchev–Trinajstić information content (AvgIpc) is 2.33. The molecule has 3 N–H and O–H groups in total. The summed E-state index contributed by atoms with van der Waals surface area (Å²) in [7, 11) is 0. The maximum Gasteiger partial charge on any atom is 0.243 e. The quantitative estimate of drug-likeness (QED) is 0.464. The van der Waals surface area contributed by atoms with Crippen molar-refractivity contribution < 1.29 is 4.79 Å². The van der Waals surface area contributed by atoms with Gasteiger partial charge in [-0.15, -0.1) is 0 Å². The lowest BCUT2D eigenvalue weighted by atomic mass is 10.4. The molecule has 0 saturated carbocycles. The first-order valence-corrected chi connectivity index (χ1v) is 2.93. The highest BCUT2D eigenvalue weighted by atomic mass is 16.2. The van der Waals surface area contributed by atoms with E-state index in [1.54, 1.807) is 6.20 Å². The molecule has 2 rings (SSSR count). The van der Waals surface area contributed by atoms with Crippen LogP contribution in [0.2, 0.25) is 0 Å². The Morgan fingerprint density at radius 2 is 2.50 bits per heavy atom. The fourth-order valence-corrected chi connectivity index (χ4v) is 0.879. The zero-order valence-corrected chi connectivity index (χ0v) is 5.14. The van der Waals surface area contributed by atoms with Crippen molar-refractivity contribution in [3.63, 3.8) is 0 Å². The van der Waals surface area contributed by atoms with Gasteiger partial charge in [-0.1, -0.05) is 0 Å². The Morgan fingerprint density at radius 1 is 1.60 bits per heavy atom. The molecule has 5 nitrogen and oxygen atoms in total. The Kier molecular flexibility index (Phi) is 0.913. The second-order valence-corrected chi connectivity index (χ2v) is 2.06. The van der Waals surface area contributed by atoms with E-state index in [1.807, 2.05) is 0 Å². The van der Waals surface area contributed by atoms with E-state index in [0.717, 1.165) is 11.5 Å². The van der Waals surface area contributed by atoms with E-state index in [2.05, 4.69) is 20.8 Å². The summed E-state index contributed by atoms with van der Waals surface area (Å²) in [4.78, 5) is 10.7. The third-order valence-electron chi connectivity index (χ3n) is 1.34. The van der Waals surface area contributed by atoms with E-state index in [9.17, 15) is 4.79 Å². The molecule has 0 saturated heterocycles. The number of hydrogen-bond donors (Lipinski definition) is 3. The molecular formula is C5H6N4O. The topological polar surface area (TPSA) is 69.8 Å². The zero-order chi connectivity index (χ0) is 6.97. The molecule has 52 valence electrons. The number of aromatic amines is 1. The lowest BCUT2D eigenvalue weighted by Crippen LogP contribution is -2.26. The van der Waals surface area contributed by atoms with Crippen molar-refractivity contribution in [1.29, 1.82) is 0 Å². The maximum absolute atomic E-state index is 10.7. The van der Waals surface area contributed by atoms with Crippen LogP contribution in [-0.4, -0.2) is 22.6 Å². The smallest absolute Gasteiger partial charge is 0.243 e. The second kappa shape index (κ2) is 1.73. The minimum absolute atomic E-state index is 0.0334. The van der Waals surface area contributed by atoms with Crippen LogP contribution >= 0.6 is 0 Å². The van der Waals surface area contributed by atoms with Gasteiger partial charge in [-0.3, -0.25) is 9.89 Å². The largest absolute Gasteiger partial charge is 0.360 e. The van der Waals surface area contributed by atoms with E-state index in [0.29, 0.717) is 6.54 Å². The van der Waals surface area contributed by atoms with E-state index in [-0.39, 0.29) is 5.91 Å². The highest BCUT2D eigenvalue weighted by Gasteiger charge is 2.14. The van der Waals surface area contributed by atoms with Crippen LogP contribution in [0.1, 0.15) is 0 Å². The fraction of sp³-hybridized carbons (Fsp3) is 0.200. The molecule has 0 spiro atoms. The molecule has 1 amide bonds. The Bertz CT molecular complexity index is 266. The van der Waals surface area contributed by atoms with Gasteiger partial charge in [-0.05, 0) is 0 Å². The number of carbonyl (C=O) groups is 1. The first kappa shape index (κ1) is 5.28. The molecule has 10 heavy (non-hydrogen) atoms. The molecule has 2 heterocycles. The van der Waals surface area contributed by atoms with Crippen molar-refractivity contribution >= 4 is 17.4 Å². The number of fused-ring (bicyclic) bond motifs is 1. The predicted octanol–water partition coefficient (Wildman–Crippen LogP) is -0.226. The summed E-state index contributed by atoms with van der Waals surface area (Å²) in [6, 6.07) is 0. The Labute approximate surface area is 56.8 Å². The van der Waals surface area contributed by atoms with Gasteiger partial charge in [0.05, 0.1) is 12.7 Å². The van der Waals surface area contributed by atoms with Crippen molar-refractivity contribution in [3.05, 3.63) is 6.20 Å². The van der Waals surface area contributed by atoms with Crippen LogP contribution in [0.3, 0.4) is 0 Å². The molecule has 0 unspecified atom stereocenters. The molecule has 1 aliphatic heterocycles. The second-order valence-electron chi connectivity index (χ2n) is 2.06. The van der Waals surface area contributed by atoms with Gasteiger partial charge in [0.25, 0.3) is 0 Å². The number of H-pyrrole nitrogens is 1. The molecule has 0 atom stereocenters. The third-order valence-corrected chi connectivity index (χ3v) is 1.34. The summed E-state index contributed by atoms with van der Waals surface area (Å²) < 4.78 is 0. The SMILES string of the molecule is O=C1CNc2[nH]ncc2N1. The van der Waals surface area contributed by atoms with E-state index < -0.39 is 0 Å². The number of hydrogen-bond acceptors (Lipinski definition) is 3. The normalized spacial score (nSPS) is 15.4. The summed E-state index contributed by atoms with van der Waals surface area (Å²) in [6.07, 6.45) is 1.57. The molecule has 0 bridgehead atoms. The predicted molar refractivity (Wildman–Crippen MR) is 35.7 cm³/mol. The molecule has 0 radical (unpaired) electrons. The van der Waals surface area contributed by atoms with Gasteiger partial charge in [-0.25, -0.2) is 0 Å². The highest BCUT2D eigenvalue weighted by molar-refractivity contribution is 5.99. The Hall–Kier alpha value is -1.52. The summed E-state index contributed by atoms with van der Waals surface area (Å²) in [5.74, 6) is 0.744. The first-order chi connectivity index (χ1) is 4.86. The fourth-order valence-electron chi connectivity index (χ4n) is 0.879. The van der Waals surface area contributed by atoms with E-state index in [4.69, 9.17) is 0 Å². The van der Waals surface area contributed by atoms with Crippen LogP contribution in [0.5, 0.6) is 0 Å². The van der Waals surface area contributed by atoms with Gasteiger partial charge in [0.1, 0.15) is 11.5 Å². The van der Waals surface area contributed by atoms with Crippen molar-refractivity contribution in [2.24, 2.45) is 0 Å². The number of carbonyl (C=O) groups excluding carboxylic acids is 1. The first-order valence-electron chi connectivity index (χ1n) is 2.93. The van der Waals surface area contributed by atoms with Gasteiger partial charge >= 0.3 is 0 Å². The molecule has 0 aromatic carbocycles. The highest BCUT2D eigenvalue weighted by Crippen LogP contribution is 2.19. The van der Waals surface area contributed by atoms with Gasteiger partial charge in [0, 0.05) is 0 Å². The summed E-state index contributed by atoms with van der Waals surface area (Å²) in [5, 5.41) is 11.9. The number of rotatable bonds is 0. The van der Waals surface area contributed by atoms with Crippen LogP contribution in [0.15, 0.2) is 6.20 Å². The summed E-state index contributed by atoms with van der Waals surface area (Å²) >= 11 is 0. The van der Waals surface area contributed by atoms with Crippen molar-refractivity contribution in [2.75, 3.05) is 17.2 Å². The lowest BCUT2D eigenvalue weighted by Gasteiger charge is -2.12. The molecular weight excluding hydrogens is 132 g/mol. The molecule has 1 aromatic rings. The average molecular weight is 138 g/mol.